The van der Waals surface area contributed by atoms with Gasteiger partial charge in [0.25, 0.3) is 0 Å². The van der Waals surface area contributed by atoms with Gasteiger partial charge in [-0.25, -0.2) is 0 Å². The summed E-state index contributed by atoms with van der Waals surface area (Å²) in [5.41, 5.74) is 5.07. The molecule has 1 aliphatic rings. The predicted molar refractivity (Wildman–Crippen MR) is 96.7 cm³/mol. The van der Waals surface area contributed by atoms with E-state index in [4.69, 9.17) is 37.8 Å². The maximum absolute atomic E-state index is 6.70. The lowest BCUT2D eigenvalue weighted by Crippen LogP contribution is -2.13. The highest BCUT2D eigenvalue weighted by atomic mass is 35.5. The fourth-order valence-electron chi connectivity index (χ4n) is 3.46. The van der Waals surface area contributed by atoms with Crippen LogP contribution < -0.4 is 9.47 Å². The smallest absolute Gasteiger partial charge is 0.180 e. The molecule has 4 rings (SSSR count). The number of aromatic nitrogens is 2. The van der Waals surface area contributed by atoms with Gasteiger partial charge in [0, 0.05) is 22.5 Å². The predicted octanol–water partition coefficient (Wildman–Crippen LogP) is 4.89. The number of ether oxygens (including phenoxy) is 2. The number of aryl methyl sites for hydroxylation is 3. The third-order valence-corrected chi connectivity index (χ3v) is 5.10. The van der Waals surface area contributed by atoms with Crippen molar-refractivity contribution in [2.45, 2.75) is 19.9 Å². The first kappa shape index (κ1) is 15.6. The molecule has 2 heterocycles. The lowest BCUT2D eigenvalue weighted by atomic mass is 9.95. The van der Waals surface area contributed by atoms with Crippen LogP contribution in [0.25, 0.3) is 22.2 Å². The number of methoxy groups -OCH3 is 2. The van der Waals surface area contributed by atoms with Gasteiger partial charge in [0.1, 0.15) is 0 Å². The molecule has 0 saturated carbocycles. The number of halogens is 2. The highest BCUT2D eigenvalue weighted by Crippen LogP contribution is 2.48. The average molecular weight is 363 g/mol. The molecule has 0 atom stereocenters. The van der Waals surface area contributed by atoms with Gasteiger partial charge < -0.3 is 9.47 Å². The number of hydrogen-bond donors (Lipinski definition) is 0. The highest BCUT2D eigenvalue weighted by Gasteiger charge is 2.28. The zero-order valence-corrected chi connectivity index (χ0v) is 15.1. The lowest BCUT2D eigenvalue weighted by molar-refractivity contribution is 0.354. The maximum atomic E-state index is 6.70. The van der Waals surface area contributed by atoms with Gasteiger partial charge in [0.05, 0.1) is 30.5 Å². The normalized spacial score (nSPS) is 12.9. The second-order valence-corrected chi connectivity index (χ2v) is 6.72. The summed E-state index contributed by atoms with van der Waals surface area (Å²) in [5.74, 6) is 1.19. The molecule has 0 aliphatic carbocycles. The number of hydrogen-bond acceptors (Lipinski definition) is 3. The number of benzene rings is 2. The summed E-state index contributed by atoms with van der Waals surface area (Å²) in [4.78, 5) is 0. The van der Waals surface area contributed by atoms with Crippen molar-refractivity contribution in [2.75, 3.05) is 14.2 Å². The van der Waals surface area contributed by atoms with Crippen LogP contribution in [0.1, 0.15) is 11.1 Å². The van der Waals surface area contributed by atoms with E-state index in [9.17, 15) is 0 Å². The lowest BCUT2D eigenvalue weighted by Gasteiger charge is -2.22. The van der Waals surface area contributed by atoms with E-state index in [0.29, 0.717) is 21.5 Å². The summed E-state index contributed by atoms with van der Waals surface area (Å²) in [6, 6.07) is 5.88. The van der Waals surface area contributed by atoms with Crippen molar-refractivity contribution in [3.63, 3.8) is 0 Å². The summed E-state index contributed by atoms with van der Waals surface area (Å²) >= 11 is 13.0. The van der Waals surface area contributed by atoms with Crippen LogP contribution in [0.5, 0.6) is 11.5 Å². The van der Waals surface area contributed by atoms with E-state index in [2.05, 4.69) is 0 Å². The Morgan fingerprint density at radius 2 is 1.92 bits per heavy atom. The molecule has 0 bridgehead atoms. The average Bonchev–Trinajstić information content (AvgIpc) is 2.93. The Hall–Kier alpha value is -1.91. The third kappa shape index (κ3) is 2.10. The second-order valence-electron chi connectivity index (χ2n) is 5.90. The second kappa shape index (κ2) is 5.57. The van der Waals surface area contributed by atoms with E-state index in [-0.39, 0.29) is 0 Å². The molecule has 0 amide bonds. The van der Waals surface area contributed by atoms with Gasteiger partial charge in [0.2, 0.25) is 0 Å². The molecule has 0 spiro atoms. The van der Waals surface area contributed by atoms with Crippen molar-refractivity contribution in [1.82, 2.24) is 9.78 Å². The van der Waals surface area contributed by atoms with Crippen molar-refractivity contribution in [2.24, 2.45) is 0 Å². The summed E-state index contributed by atoms with van der Waals surface area (Å²) in [6.07, 6.45) is 0.836. The third-order valence-electron chi connectivity index (χ3n) is 4.52. The summed E-state index contributed by atoms with van der Waals surface area (Å²) in [6.45, 7) is 2.81. The molecule has 0 radical (unpaired) electrons. The van der Waals surface area contributed by atoms with Crippen molar-refractivity contribution in [3.05, 3.63) is 39.4 Å². The monoisotopic (exact) mass is 362 g/mol. The number of nitrogens with zero attached hydrogens (tertiary/aromatic N) is 2. The molecular weight excluding hydrogens is 347 g/mol. The molecule has 0 unspecified atom stereocenters. The molecule has 0 saturated heterocycles. The van der Waals surface area contributed by atoms with Gasteiger partial charge in [-0.05, 0) is 42.7 Å². The van der Waals surface area contributed by atoms with E-state index >= 15 is 0 Å². The number of fused-ring (bicyclic) bond motifs is 5. The molecule has 24 heavy (non-hydrogen) atoms. The first-order valence-corrected chi connectivity index (χ1v) is 8.41. The fraction of sp³-hybridized carbons (Fsp3) is 0.278. The standard InChI is InChI=1S/C18H16Cl2N2O2/c1-9-6-11(19)8-12-16(9)21-22-5-4-10-7-13(23-2)18(24-3)15(20)14(10)17(12)22/h6-8H,4-5H2,1-3H3. The van der Waals surface area contributed by atoms with E-state index < -0.39 is 0 Å². The van der Waals surface area contributed by atoms with Gasteiger partial charge in [-0.1, -0.05) is 23.2 Å². The molecule has 0 fully saturated rings. The first-order chi connectivity index (χ1) is 11.5. The summed E-state index contributed by atoms with van der Waals surface area (Å²) in [5, 5.41) is 7.01. The van der Waals surface area contributed by atoms with Crippen LogP contribution in [0.15, 0.2) is 18.2 Å². The Labute approximate surface area is 149 Å². The van der Waals surface area contributed by atoms with Crippen LogP contribution in [-0.2, 0) is 13.0 Å². The molecule has 124 valence electrons. The zero-order valence-electron chi connectivity index (χ0n) is 13.6. The van der Waals surface area contributed by atoms with Crippen LogP contribution in [0.3, 0.4) is 0 Å². The van der Waals surface area contributed by atoms with Crippen LogP contribution in [0.4, 0.5) is 0 Å². The van der Waals surface area contributed by atoms with Crippen molar-refractivity contribution in [1.29, 1.82) is 0 Å². The number of rotatable bonds is 2. The molecule has 6 heteroatoms. The Kier molecular flexibility index (Phi) is 3.62. The molecule has 1 aromatic heterocycles. The zero-order chi connectivity index (χ0) is 17.0. The van der Waals surface area contributed by atoms with Crippen molar-refractivity contribution >= 4 is 34.1 Å². The van der Waals surface area contributed by atoms with Gasteiger partial charge >= 0.3 is 0 Å². The van der Waals surface area contributed by atoms with E-state index in [1.165, 1.54) is 0 Å². The van der Waals surface area contributed by atoms with Gasteiger partial charge in [-0.2, -0.15) is 5.10 Å². The largest absolute Gasteiger partial charge is 0.493 e. The van der Waals surface area contributed by atoms with E-state index in [1.54, 1.807) is 14.2 Å². The topological polar surface area (TPSA) is 36.3 Å². The molecule has 2 aromatic carbocycles. The Bertz CT molecular complexity index is 979. The van der Waals surface area contributed by atoms with Crippen LogP contribution in [-0.4, -0.2) is 24.0 Å². The quantitative estimate of drug-likeness (QED) is 0.650. The van der Waals surface area contributed by atoms with Crippen molar-refractivity contribution in [3.8, 4) is 22.8 Å². The molecule has 4 nitrogen and oxygen atoms in total. The molecule has 3 aromatic rings. The minimum atomic E-state index is 0.541. The van der Waals surface area contributed by atoms with E-state index in [0.717, 1.165) is 46.3 Å². The maximum Gasteiger partial charge on any atom is 0.180 e. The van der Waals surface area contributed by atoms with Crippen LogP contribution in [0, 0.1) is 6.92 Å². The minimum Gasteiger partial charge on any atom is -0.493 e. The van der Waals surface area contributed by atoms with E-state index in [1.807, 2.05) is 29.8 Å². The summed E-state index contributed by atoms with van der Waals surface area (Å²) in [7, 11) is 3.21. The van der Waals surface area contributed by atoms with Gasteiger partial charge in [-0.15, -0.1) is 0 Å². The van der Waals surface area contributed by atoms with Gasteiger partial charge in [0.15, 0.2) is 11.5 Å². The Morgan fingerprint density at radius 3 is 2.62 bits per heavy atom. The Balaban J connectivity index is 2.11. The van der Waals surface area contributed by atoms with Crippen LogP contribution in [0.2, 0.25) is 10.0 Å². The van der Waals surface area contributed by atoms with Gasteiger partial charge in [-0.3, -0.25) is 4.68 Å². The van der Waals surface area contributed by atoms with Crippen molar-refractivity contribution < 1.29 is 9.47 Å². The first-order valence-electron chi connectivity index (χ1n) is 7.65. The summed E-state index contributed by atoms with van der Waals surface area (Å²) < 4.78 is 12.9. The Morgan fingerprint density at radius 1 is 1.12 bits per heavy atom. The fourth-order valence-corrected chi connectivity index (χ4v) is 4.12. The highest BCUT2D eigenvalue weighted by molar-refractivity contribution is 6.36. The molecule has 1 aliphatic heterocycles. The SMILES string of the molecule is COc1cc2c(c(Cl)c1OC)-c1c3cc(Cl)cc(C)c3nn1CC2. The molecule has 0 N–H and O–H groups in total. The van der Waals surface area contributed by atoms with Crippen LogP contribution >= 0.6 is 23.2 Å². The minimum absolute atomic E-state index is 0.541. The molecular formula is C18H16Cl2N2O2.